The molecule has 0 aromatic heterocycles. The second kappa shape index (κ2) is 5.03. The molecule has 0 fully saturated rings. The quantitative estimate of drug-likeness (QED) is 0.781. The first kappa shape index (κ1) is 11.9. The Morgan fingerprint density at radius 1 is 1.33 bits per heavy atom. The van der Waals surface area contributed by atoms with Gasteiger partial charge in [0.25, 0.3) is 0 Å². The Bertz CT molecular complexity index is 310. The summed E-state index contributed by atoms with van der Waals surface area (Å²) in [5.41, 5.74) is 0.575. The molecule has 2 N–H and O–H groups in total. The zero-order valence-electron chi connectivity index (χ0n) is 9.58. The Balaban J connectivity index is 2.84. The third kappa shape index (κ3) is 3.44. The fourth-order valence-corrected chi connectivity index (χ4v) is 1.26. The molecule has 0 saturated carbocycles. The maximum Gasteiger partial charge on any atom is 0.142 e. The molecule has 0 saturated heterocycles. The molecule has 0 radical (unpaired) electrons. The average molecular weight is 209 g/mol. The third-order valence-corrected chi connectivity index (χ3v) is 2.06. The van der Waals surface area contributed by atoms with Gasteiger partial charge in [-0.25, -0.2) is 0 Å². The monoisotopic (exact) mass is 209 g/mol. The van der Waals surface area contributed by atoms with Gasteiger partial charge in [0, 0.05) is 0 Å². The van der Waals surface area contributed by atoms with E-state index in [0.717, 1.165) is 11.4 Å². The van der Waals surface area contributed by atoms with E-state index in [2.05, 4.69) is 5.32 Å². The molecule has 1 aromatic rings. The highest BCUT2D eigenvalue weighted by atomic mass is 16.5. The van der Waals surface area contributed by atoms with Crippen LogP contribution in [0.4, 0.5) is 5.69 Å². The first-order chi connectivity index (χ1) is 7.09. The molecule has 0 atom stereocenters. The molecule has 1 rings (SSSR count). The maximum atomic E-state index is 9.17. The van der Waals surface area contributed by atoms with Gasteiger partial charge in [0.05, 0.1) is 24.4 Å². The lowest BCUT2D eigenvalue weighted by Crippen LogP contribution is -2.35. The smallest absolute Gasteiger partial charge is 0.142 e. The molecule has 3 heteroatoms. The van der Waals surface area contributed by atoms with Crippen LogP contribution in [-0.2, 0) is 0 Å². The lowest BCUT2D eigenvalue weighted by atomic mass is 10.1. The zero-order chi connectivity index (χ0) is 11.3. The molecular formula is C12H19NO2. The van der Waals surface area contributed by atoms with E-state index in [1.807, 2.05) is 45.0 Å². The van der Waals surface area contributed by atoms with Crippen LogP contribution in [0.1, 0.15) is 20.8 Å². The largest absolute Gasteiger partial charge is 0.492 e. The fraction of sp³-hybridized carbons (Fsp3) is 0.500. The number of nitrogens with one attached hydrogen (secondary N) is 1. The van der Waals surface area contributed by atoms with Gasteiger partial charge < -0.3 is 15.2 Å². The van der Waals surface area contributed by atoms with Crippen LogP contribution < -0.4 is 10.1 Å². The molecule has 1 aromatic carbocycles. The van der Waals surface area contributed by atoms with Crippen LogP contribution in [0.25, 0.3) is 0 Å². The molecule has 0 heterocycles. The van der Waals surface area contributed by atoms with E-state index in [9.17, 15) is 5.11 Å². The van der Waals surface area contributed by atoms with Gasteiger partial charge in [-0.3, -0.25) is 0 Å². The van der Waals surface area contributed by atoms with E-state index >= 15 is 0 Å². The van der Waals surface area contributed by atoms with Crippen molar-refractivity contribution in [1.82, 2.24) is 0 Å². The number of aliphatic hydroxyl groups is 1. The molecule has 0 aliphatic heterocycles. The molecule has 15 heavy (non-hydrogen) atoms. The number of hydrogen-bond donors (Lipinski definition) is 2. The van der Waals surface area contributed by atoms with Crippen molar-refractivity contribution < 1.29 is 9.84 Å². The van der Waals surface area contributed by atoms with Crippen LogP contribution in [0.3, 0.4) is 0 Å². The van der Waals surface area contributed by atoms with Crippen molar-refractivity contribution in [2.24, 2.45) is 0 Å². The predicted octanol–water partition coefficient (Wildman–Crippen LogP) is 2.27. The summed E-state index contributed by atoms with van der Waals surface area (Å²) in [6, 6.07) is 7.74. The van der Waals surface area contributed by atoms with Gasteiger partial charge in [-0.1, -0.05) is 12.1 Å². The second-order valence-electron chi connectivity index (χ2n) is 4.10. The van der Waals surface area contributed by atoms with Crippen LogP contribution in [0.15, 0.2) is 24.3 Å². The van der Waals surface area contributed by atoms with Crippen LogP contribution in [0, 0.1) is 0 Å². The molecule has 0 aliphatic carbocycles. The summed E-state index contributed by atoms with van der Waals surface area (Å²) >= 11 is 0. The van der Waals surface area contributed by atoms with Crippen molar-refractivity contribution in [3.05, 3.63) is 24.3 Å². The Kier molecular flexibility index (Phi) is 3.97. The highest BCUT2D eigenvalue weighted by molar-refractivity contribution is 5.57. The Morgan fingerprint density at radius 3 is 2.60 bits per heavy atom. The number of anilines is 1. The van der Waals surface area contributed by atoms with E-state index in [0.29, 0.717) is 6.61 Å². The Hall–Kier alpha value is -1.22. The first-order valence-electron chi connectivity index (χ1n) is 5.20. The SMILES string of the molecule is CCOc1ccccc1NC(C)(C)CO. The lowest BCUT2D eigenvalue weighted by molar-refractivity contribution is 0.233. The van der Waals surface area contributed by atoms with Gasteiger partial charge in [-0.05, 0) is 32.9 Å². The standard InChI is InChI=1S/C12H19NO2/c1-4-15-11-8-6-5-7-10(11)13-12(2,3)9-14/h5-8,13-14H,4,9H2,1-3H3. The van der Waals surface area contributed by atoms with Gasteiger partial charge in [0.15, 0.2) is 0 Å². The van der Waals surface area contributed by atoms with E-state index in [4.69, 9.17) is 4.74 Å². The van der Waals surface area contributed by atoms with Gasteiger partial charge in [0.2, 0.25) is 0 Å². The number of ether oxygens (including phenoxy) is 1. The van der Waals surface area contributed by atoms with Crippen molar-refractivity contribution in [2.45, 2.75) is 26.3 Å². The summed E-state index contributed by atoms with van der Waals surface area (Å²) < 4.78 is 5.48. The van der Waals surface area contributed by atoms with Gasteiger partial charge >= 0.3 is 0 Å². The highest BCUT2D eigenvalue weighted by Crippen LogP contribution is 2.26. The van der Waals surface area contributed by atoms with Gasteiger partial charge in [-0.15, -0.1) is 0 Å². The summed E-state index contributed by atoms with van der Waals surface area (Å²) in [5.74, 6) is 0.821. The molecule has 3 nitrogen and oxygen atoms in total. The van der Waals surface area contributed by atoms with Crippen molar-refractivity contribution in [3.8, 4) is 5.75 Å². The molecule has 0 bridgehead atoms. The molecule has 84 valence electrons. The minimum Gasteiger partial charge on any atom is -0.492 e. The first-order valence-corrected chi connectivity index (χ1v) is 5.20. The van der Waals surface area contributed by atoms with Crippen LogP contribution in [0.5, 0.6) is 5.75 Å². The summed E-state index contributed by atoms with van der Waals surface area (Å²) in [7, 11) is 0. The molecule has 0 spiro atoms. The van der Waals surface area contributed by atoms with Crippen molar-refractivity contribution in [1.29, 1.82) is 0 Å². The van der Waals surface area contributed by atoms with E-state index < -0.39 is 0 Å². The van der Waals surface area contributed by atoms with E-state index in [1.54, 1.807) is 0 Å². The fourth-order valence-electron chi connectivity index (χ4n) is 1.26. The molecule has 0 amide bonds. The Labute approximate surface area is 91.1 Å². The van der Waals surface area contributed by atoms with Crippen molar-refractivity contribution in [2.75, 3.05) is 18.5 Å². The number of para-hydroxylation sites is 2. The molecular weight excluding hydrogens is 190 g/mol. The zero-order valence-corrected chi connectivity index (χ0v) is 9.58. The number of hydrogen-bond acceptors (Lipinski definition) is 3. The minimum absolute atomic E-state index is 0.0768. The average Bonchev–Trinajstić information content (AvgIpc) is 2.21. The van der Waals surface area contributed by atoms with Crippen LogP contribution >= 0.6 is 0 Å². The molecule has 0 aliphatic rings. The van der Waals surface area contributed by atoms with E-state index in [-0.39, 0.29) is 12.1 Å². The molecule has 0 unspecified atom stereocenters. The predicted molar refractivity (Wildman–Crippen MR) is 62.4 cm³/mol. The van der Waals surface area contributed by atoms with Gasteiger partial charge in [-0.2, -0.15) is 0 Å². The number of aliphatic hydroxyl groups excluding tert-OH is 1. The van der Waals surface area contributed by atoms with Crippen LogP contribution in [0.2, 0.25) is 0 Å². The summed E-state index contributed by atoms with van der Waals surface area (Å²) in [6.07, 6.45) is 0. The van der Waals surface area contributed by atoms with Crippen LogP contribution in [-0.4, -0.2) is 23.9 Å². The number of benzene rings is 1. The minimum atomic E-state index is -0.340. The van der Waals surface area contributed by atoms with Crippen molar-refractivity contribution >= 4 is 5.69 Å². The second-order valence-corrected chi connectivity index (χ2v) is 4.10. The summed E-state index contributed by atoms with van der Waals surface area (Å²) in [5, 5.41) is 12.4. The normalized spacial score (nSPS) is 11.2. The van der Waals surface area contributed by atoms with Gasteiger partial charge in [0.1, 0.15) is 5.75 Å². The maximum absolute atomic E-state index is 9.17. The highest BCUT2D eigenvalue weighted by Gasteiger charge is 2.17. The number of rotatable bonds is 5. The third-order valence-electron chi connectivity index (χ3n) is 2.06. The summed E-state index contributed by atoms with van der Waals surface area (Å²) in [6.45, 7) is 6.55. The van der Waals surface area contributed by atoms with Crippen molar-refractivity contribution in [3.63, 3.8) is 0 Å². The summed E-state index contributed by atoms with van der Waals surface area (Å²) in [4.78, 5) is 0. The topological polar surface area (TPSA) is 41.5 Å². The lowest BCUT2D eigenvalue weighted by Gasteiger charge is -2.26. The Morgan fingerprint density at radius 2 is 2.00 bits per heavy atom. The van der Waals surface area contributed by atoms with E-state index in [1.165, 1.54) is 0 Å².